The van der Waals surface area contributed by atoms with E-state index in [9.17, 15) is 0 Å². The number of benzene rings is 5. The predicted molar refractivity (Wildman–Crippen MR) is 380 cm³/mol. The Morgan fingerprint density at radius 2 is 0.558 bits per heavy atom. The summed E-state index contributed by atoms with van der Waals surface area (Å²) in [5, 5.41) is 3.38. The van der Waals surface area contributed by atoms with Gasteiger partial charge in [-0.3, -0.25) is 4.90 Å². The highest BCUT2D eigenvalue weighted by atomic mass is 15.3. The maximum absolute atomic E-state index is 3.38. The highest BCUT2D eigenvalue weighted by molar-refractivity contribution is 5.53. The van der Waals surface area contributed by atoms with E-state index in [1.165, 1.54) is 134 Å². The Kier molecular flexibility index (Phi) is 26.0. The highest BCUT2D eigenvalue weighted by Gasteiger charge is 2.23. The number of hydrogen-bond acceptors (Lipinski definition) is 9. The molecule has 9 heteroatoms. The fraction of sp³-hybridized carbons (Fsp3) is 0.610. The van der Waals surface area contributed by atoms with Crippen molar-refractivity contribution in [2.24, 2.45) is 0 Å². The molecule has 0 aromatic heterocycles. The molecule has 0 amide bonds. The molecule has 0 aliphatic carbocycles. The van der Waals surface area contributed by atoms with Crippen molar-refractivity contribution in [1.82, 2.24) is 20.0 Å². The molecular weight excluding hydrogens is 1050 g/mol. The Labute approximate surface area is 527 Å². The van der Waals surface area contributed by atoms with E-state index in [2.05, 4.69) is 298 Å². The van der Waals surface area contributed by atoms with Crippen molar-refractivity contribution < 1.29 is 0 Å². The molecule has 0 atom stereocenters. The van der Waals surface area contributed by atoms with Gasteiger partial charge in [0.2, 0.25) is 0 Å². The zero-order valence-electron chi connectivity index (χ0n) is 58.3. The van der Waals surface area contributed by atoms with E-state index < -0.39 is 0 Å². The topological polar surface area (TPSA) is 38.0 Å². The molecule has 0 spiro atoms. The fourth-order valence-corrected chi connectivity index (χ4v) is 11.8. The molecule has 5 aliphatic heterocycles. The van der Waals surface area contributed by atoms with E-state index in [1.54, 1.807) is 0 Å². The standard InChI is InChI=1S/C17H28N2.C16H26N2.C15H24N2.C15H23N.C14H22N2/c1-14(2)18-10-12-19(13-11-18)16-8-6-15(7-9-16)17(3,4)5;1-5-17-10-12-18(13-11-17)15-8-6-14(7-9-15)16(2,3)4;1-15(2,3)13-5-7-14(8-6-13)17-11-9-16(4)10-12-17;1-15(2,3)13-7-9-14(10-8-13)16-11-5-4-6-12-16;1-14(2,3)12-4-6-13(7-5-12)16-10-8-15-9-11-16/h6-9,14H,10-13H2,1-5H3;6-9H,5,10-13H2,1-4H3;5-8H,9-12H2,1-4H3;7-10H,4-6,11-12H2,1-3H3;4-7,15H,8-11H2,1-3H3. The molecule has 86 heavy (non-hydrogen) atoms. The molecule has 5 aromatic carbocycles. The van der Waals surface area contributed by atoms with Crippen molar-refractivity contribution in [3.05, 3.63) is 149 Å². The molecule has 0 bridgehead atoms. The van der Waals surface area contributed by atoms with Gasteiger partial charge in [0, 0.05) is 152 Å². The molecule has 1 N–H and O–H groups in total. The molecule has 5 aliphatic rings. The quantitative estimate of drug-likeness (QED) is 0.172. The predicted octanol–water partition coefficient (Wildman–Crippen LogP) is 15.7. The van der Waals surface area contributed by atoms with E-state index >= 15 is 0 Å². The van der Waals surface area contributed by atoms with Crippen molar-refractivity contribution in [3.63, 3.8) is 0 Å². The number of hydrogen-bond donors (Lipinski definition) is 1. The van der Waals surface area contributed by atoms with E-state index in [4.69, 9.17) is 0 Å². The third kappa shape index (κ3) is 22.2. The molecule has 476 valence electrons. The Bertz CT molecular complexity index is 2570. The number of anilines is 5. The van der Waals surface area contributed by atoms with Crippen LogP contribution >= 0.6 is 0 Å². The van der Waals surface area contributed by atoms with Crippen molar-refractivity contribution in [3.8, 4) is 0 Å². The molecule has 9 nitrogen and oxygen atoms in total. The number of nitrogens with zero attached hydrogens (tertiary/aromatic N) is 8. The lowest BCUT2D eigenvalue weighted by atomic mass is 9.87. The Balaban J connectivity index is 0.000000172. The van der Waals surface area contributed by atoms with Gasteiger partial charge < -0.3 is 39.6 Å². The summed E-state index contributed by atoms with van der Waals surface area (Å²) < 4.78 is 0. The minimum Gasteiger partial charge on any atom is -0.372 e. The van der Waals surface area contributed by atoms with Gasteiger partial charge in [0.05, 0.1) is 0 Å². The van der Waals surface area contributed by atoms with Crippen LogP contribution in [-0.2, 0) is 27.1 Å². The maximum Gasteiger partial charge on any atom is 0.0367 e. The van der Waals surface area contributed by atoms with Crippen LogP contribution < -0.4 is 29.8 Å². The van der Waals surface area contributed by atoms with Crippen LogP contribution in [0.5, 0.6) is 0 Å². The lowest BCUT2D eigenvalue weighted by Crippen LogP contribution is -2.48. The summed E-state index contributed by atoms with van der Waals surface area (Å²) in [6.45, 7) is 62.8. The largest absolute Gasteiger partial charge is 0.372 e. The van der Waals surface area contributed by atoms with E-state index in [0.29, 0.717) is 6.04 Å². The second kappa shape index (κ2) is 31.9. The number of likely N-dealkylation sites (N-methyl/N-ethyl adjacent to an activating group) is 2. The fourth-order valence-electron chi connectivity index (χ4n) is 11.8. The summed E-state index contributed by atoms with van der Waals surface area (Å²) in [7, 11) is 2.19. The minimum atomic E-state index is 0.245. The molecule has 5 fully saturated rings. The molecule has 5 saturated heterocycles. The Morgan fingerprint density at radius 1 is 0.314 bits per heavy atom. The van der Waals surface area contributed by atoms with Crippen LogP contribution in [0.4, 0.5) is 28.4 Å². The average Bonchev–Trinajstić information content (AvgIpc) is 3.29. The molecule has 5 aromatic rings. The van der Waals surface area contributed by atoms with Gasteiger partial charge in [-0.2, -0.15) is 0 Å². The van der Waals surface area contributed by atoms with E-state index in [0.717, 1.165) is 65.4 Å². The van der Waals surface area contributed by atoms with Crippen LogP contribution in [0.15, 0.2) is 121 Å². The summed E-state index contributed by atoms with van der Waals surface area (Å²) >= 11 is 0. The first-order chi connectivity index (χ1) is 40.5. The zero-order chi connectivity index (χ0) is 62.9. The van der Waals surface area contributed by atoms with Gasteiger partial charge in [0.15, 0.2) is 0 Å². The van der Waals surface area contributed by atoms with Crippen LogP contribution in [0.1, 0.15) is 172 Å². The number of rotatable bonds is 7. The van der Waals surface area contributed by atoms with Crippen LogP contribution in [-0.4, -0.2) is 152 Å². The second-order valence-electron chi connectivity index (χ2n) is 30.6. The smallest absolute Gasteiger partial charge is 0.0367 e. The first-order valence-electron chi connectivity index (χ1n) is 33.6. The molecule has 0 saturated carbocycles. The van der Waals surface area contributed by atoms with Crippen molar-refractivity contribution in [1.29, 1.82) is 0 Å². The van der Waals surface area contributed by atoms with Crippen molar-refractivity contribution >= 4 is 28.4 Å². The van der Waals surface area contributed by atoms with Crippen LogP contribution in [0.25, 0.3) is 0 Å². The first-order valence-corrected chi connectivity index (χ1v) is 33.6. The van der Waals surface area contributed by atoms with Crippen LogP contribution in [0.3, 0.4) is 0 Å². The summed E-state index contributed by atoms with van der Waals surface area (Å²) in [5.74, 6) is 0. The summed E-state index contributed by atoms with van der Waals surface area (Å²) in [5.41, 5.74) is 15.2. The van der Waals surface area contributed by atoms with E-state index in [-0.39, 0.29) is 27.1 Å². The molecule has 0 unspecified atom stereocenters. The SMILES string of the molecule is CC(C)(C)c1ccc(N2CCCCC2)cc1.CC(C)(C)c1ccc(N2CCNCC2)cc1.CC(C)N1CCN(c2ccc(C(C)(C)C)cc2)CC1.CCN1CCN(c2ccc(C(C)(C)C)cc2)CC1.CN1CCN(c2ccc(C(C)(C)C)cc2)CC1. The van der Waals surface area contributed by atoms with Gasteiger partial charge in [0.1, 0.15) is 0 Å². The van der Waals surface area contributed by atoms with Crippen LogP contribution in [0, 0.1) is 0 Å². The minimum absolute atomic E-state index is 0.245. The van der Waals surface area contributed by atoms with Gasteiger partial charge in [-0.15, -0.1) is 0 Å². The Morgan fingerprint density at radius 3 is 0.814 bits per heavy atom. The van der Waals surface area contributed by atoms with Gasteiger partial charge >= 0.3 is 0 Å². The molecular formula is C77H123N9. The lowest BCUT2D eigenvalue weighted by molar-refractivity contribution is 0.209. The highest BCUT2D eigenvalue weighted by Crippen LogP contribution is 2.31. The second-order valence-corrected chi connectivity index (χ2v) is 30.6. The van der Waals surface area contributed by atoms with Crippen molar-refractivity contribution in [2.45, 2.75) is 177 Å². The monoisotopic (exact) mass is 1170 g/mol. The lowest BCUT2D eigenvalue weighted by Gasteiger charge is -2.38. The first kappa shape index (κ1) is 70.0. The molecule has 10 rings (SSSR count). The molecule has 0 radical (unpaired) electrons. The third-order valence-electron chi connectivity index (χ3n) is 18.3. The van der Waals surface area contributed by atoms with Gasteiger partial charge in [-0.05, 0) is 162 Å². The summed E-state index contributed by atoms with van der Waals surface area (Å²) in [4.78, 5) is 19.9. The van der Waals surface area contributed by atoms with Gasteiger partial charge in [-0.1, -0.05) is 171 Å². The summed E-state index contributed by atoms with van der Waals surface area (Å²) in [6.07, 6.45) is 4.10. The van der Waals surface area contributed by atoms with Crippen LogP contribution in [0.2, 0.25) is 0 Å². The number of piperazine rings is 4. The maximum atomic E-state index is 3.38. The van der Waals surface area contributed by atoms with E-state index in [1.807, 2.05) is 0 Å². The van der Waals surface area contributed by atoms with Gasteiger partial charge in [0.25, 0.3) is 0 Å². The zero-order valence-corrected chi connectivity index (χ0v) is 58.3. The molecule has 5 heterocycles. The van der Waals surface area contributed by atoms with Crippen molar-refractivity contribution in [2.75, 3.05) is 156 Å². The number of piperidine rings is 1. The third-order valence-corrected chi connectivity index (χ3v) is 18.3. The average molecular weight is 1170 g/mol. The normalized spacial score (nSPS) is 18.0. The summed E-state index contributed by atoms with van der Waals surface area (Å²) in [6, 6.07) is 46.2. The number of nitrogens with one attached hydrogen (secondary N) is 1. The van der Waals surface area contributed by atoms with Gasteiger partial charge in [-0.25, -0.2) is 0 Å². The Hall–Kier alpha value is -5.06.